The molecule has 1 N–H and O–H groups in total. The van der Waals surface area contributed by atoms with Crippen molar-refractivity contribution < 1.29 is 4.74 Å². The lowest BCUT2D eigenvalue weighted by Gasteiger charge is -2.34. The molecule has 2 rings (SSSR count). The molecule has 0 aliphatic heterocycles. The van der Waals surface area contributed by atoms with E-state index in [0.29, 0.717) is 5.92 Å². The number of hydrogen-bond donors (Lipinski definition) is 1. The Morgan fingerprint density at radius 2 is 2.11 bits per heavy atom. The molecule has 0 radical (unpaired) electrons. The molecule has 0 spiro atoms. The molecule has 2 unspecified atom stereocenters. The van der Waals surface area contributed by atoms with Crippen LogP contribution in [0.15, 0.2) is 12.4 Å². The summed E-state index contributed by atoms with van der Waals surface area (Å²) in [5, 5.41) is 3.39. The summed E-state index contributed by atoms with van der Waals surface area (Å²) in [6.45, 7) is 0. The van der Waals surface area contributed by atoms with Crippen LogP contribution in [0.2, 0.25) is 0 Å². The van der Waals surface area contributed by atoms with Crippen LogP contribution in [0.5, 0.6) is 0 Å². The van der Waals surface area contributed by atoms with Gasteiger partial charge in [0.05, 0.1) is 12.1 Å². The van der Waals surface area contributed by atoms with Gasteiger partial charge in [0, 0.05) is 26.6 Å². The lowest BCUT2D eigenvalue weighted by Crippen LogP contribution is -2.39. The smallest absolute Gasteiger partial charge is 0.128 e. The van der Waals surface area contributed by atoms with Crippen LogP contribution >= 0.6 is 0 Å². The number of rotatable bonds is 5. The zero-order valence-corrected chi connectivity index (χ0v) is 11.7. The zero-order chi connectivity index (χ0) is 13.0. The van der Waals surface area contributed by atoms with Crippen molar-refractivity contribution in [3.05, 3.63) is 18.2 Å². The number of imidazole rings is 1. The molecule has 102 valence electrons. The highest BCUT2D eigenvalue weighted by Crippen LogP contribution is 2.33. The van der Waals surface area contributed by atoms with E-state index in [1.807, 2.05) is 33.6 Å². The minimum atomic E-state index is 0.179. The van der Waals surface area contributed by atoms with Crippen LogP contribution in [0.25, 0.3) is 0 Å². The first-order valence-electron chi connectivity index (χ1n) is 6.95. The Kier molecular flexibility index (Phi) is 4.78. The zero-order valence-electron chi connectivity index (χ0n) is 11.7. The van der Waals surface area contributed by atoms with Crippen molar-refractivity contribution in [2.24, 2.45) is 13.0 Å². The summed E-state index contributed by atoms with van der Waals surface area (Å²) in [5.41, 5.74) is 0. The molecule has 1 fully saturated rings. The van der Waals surface area contributed by atoms with Crippen LogP contribution in [-0.4, -0.2) is 29.8 Å². The Morgan fingerprint density at radius 3 is 2.61 bits per heavy atom. The molecule has 1 saturated carbocycles. The highest BCUT2D eigenvalue weighted by molar-refractivity contribution is 5.03. The number of likely N-dealkylation sites (N-methyl/N-ethyl adjacent to an activating group) is 1. The van der Waals surface area contributed by atoms with Gasteiger partial charge in [-0.15, -0.1) is 0 Å². The monoisotopic (exact) mass is 251 g/mol. The van der Waals surface area contributed by atoms with E-state index in [4.69, 9.17) is 4.74 Å². The average Bonchev–Trinajstić information content (AvgIpc) is 2.83. The van der Waals surface area contributed by atoms with Gasteiger partial charge in [0.2, 0.25) is 0 Å². The third-order valence-corrected chi connectivity index (χ3v) is 4.16. The summed E-state index contributed by atoms with van der Waals surface area (Å²) >= 11 is 0. The second-order valence-corrected chi connectivity index (χ2v) is 5.26. The fourth-order valence-corrected chi connectivity index (χ4v) is 3.18. The fourth-order valence-electron chi connectivity index (χ4n) is 3.18. The molecule has 1 aromatic heterocycles. The van der Waals surface area contributed by atoms with Crippen molar-refractivity contribution in [1.29, 1.82) is 0 Å². The normalized spacial score (nSPS) is 20.8. The second kappa shape index (κ2) is 6.34. The molecule has 0 bridgehead atoms. The van der Waals surface area contributed by atoms with E-state index in [-0.39, 0.29) is 12.1 Å². The van der Waals surface area contributed by atoms with Crippen LogP contribution < -0.4 is 5.32 Å². The number of ether oxygens (including phenoxy) is 1. The number of aromatic nitrogens is 2. The molecule has 1 heterocycles. The predicted octanol–water partition coefficient (Wildman–Crippen LogP) is 2.28. The molecule has 0 amide bonds. The molecule has 4 heteroatoms. The van der Waals surface area contributed by atoms with Crippen LogP contribution in [0, 0.1) is 5.92 Å². The van der Waals surface area contributed by atoms with E-state index in [1.165, 1.54) is 32.1 Å². The van der Waals surface area contributed by atoms with Crippen molar-refractivity contribution in [1.82, 2.24) is 14.9 Å². The van der Waals surface area contributed by atoms with Crippen molar-refractivity contribution in [3.8, 4) is 0 Å². The largest absolute Gasteiger partial charge is 0.379 e. The van der Waals surface area contributed by atoms with Crippen LogP contribution in [-0.2, 0) is 11.8 Å². The van der Waals surface area contributed by atoms with Gasteiger partial charge in [-0.25, -0.2) is 4.98 Å². The number of methoxy groups -OCH3 is 1. The number of nitrogens with one attached hydrogen (secondary N) is 1. The summed E-state index contributed by atoms with van der Waals surface area (Å²) in [7, 11) is 5.86. The first kappa shape index (κ1) is 13.6. The third kappa shape index (κ3) is 2.75. The summed E-state index contributed by atoms with van der Waals surface area (Å²) < 4.78 is 7.89. The molecule has 2 atom stereocenters. The van der Waals surface area contributed by atoms with E-state index in [0.717, 1.165) is 5.82 Å². The summed E-state index contributed by atoms with van der Waals surface area (Å²) in [6.07, 6.45) is 10.7. The van der Waals surface area contributed by atoms with Gasteiger partial charge in [-0.2, -0.15) is 0 Å². The first-order valence-corrected chi connectivity index (χ1v) is 6.95. The Morgan fingerprint density at radius 1 is 1.39 bits per heavy atom. The summed E-state index contributed by atoms with van der Waals surface area (Å²) in [5.74, 6) is 1.72. The molecule has 0 aromatic carbocycles. The number of hydrogen-bond acceptors (Lipinski definition) is 3. The molecule has 4 nitrogen and oxygen atoms in total. The van der Waals surface area contributed by atoms with Gasteiger partial charge < -0.3 is 14.6 Å². The van der Waals surface area contributed by atoms with Gasteiger partial charge in [0.15, 0.2) is 0 Å². The topological polar surface area (TPSA) is 39.1 Å². The highest BCUT2D eigenvalue weighted by Gasteiger charge is 2.32. The lowest BCUT2D eigenvalue weighted by atomic mass is 9.82. The van der Waals surface area contributed by atoms with Gasteiger partial charge in [-0.1, -0.05) is 19.3 Å². The van der Waals surface area contributed by atoms with Crippen LogP contribution in [0.3, 0.4) is 0 Å². The van der Waals surface area contributed by atoms with Gasteiger partial charge in [-0.05, 0) is 25.8 Å². The molecular weight excluding hydrogens is 226 g/mol. The molecular formula is C14H25N3O. The van der Waals surface area contributed by atoms with Crippen LogP contribution in [0.1, 0.15) is 44.0 Å². The van der Waals surface area contributed by atoms with E-state index in [9.17, 15) is 0 Å². The van der Waals surface area contributed by atoms with E-state index >= 15 is 0 Å². The minimum Gasteiger partial charge on any atom is -0.379 e. The Balaban J connectivity index is 2.15. The third-order valence-electron chi connectivity index (χ3n) is 4.16. The van der Waals surface area contributed by atoms with Crippen LogP contribution in [0.4, 0.5) is 0 Å². The van der Waals surface area contributed by atoms with Gasteiger partial charge in [0.1, 0.15) is 5.82 Å². The number of aryl methyl sites for hydroxylation is 1. The summed E-state index contributed by atoms with van der Waals surface area (Å²) in [4.78, 5) is 4.47. The van der Waals surface area contributed by atoms with E-state index in [2.05, 4.69) is 14.9 Å². The highest BCUT2D eigenvalue weighted by atomic mass is 16.5. The molecule has 0 saturated heterocycles. The number of nitrogens with zero attached hydrogens (tertiary/aromatic N) is 2. The average molecular weight is 251 g/mol. The maximum absolute atomic E-state index is 5.81. The van der Waals surface area contributed by atoms with Gasteiger partial charge in [0.25, 0.3) is 0 Å². The van der Waals surface area contributed by atoms with E-state index < -0.39 is 0 Å². The predicted molar refractivity (Wildman–Crippen MR) is 72.4 cm³/mol. The Hall–Kier alpha value is -0.870. The fraction of sp³-hybridized carbons (Fsp3) is 0.786. The lowest BCUT2D eigenvalue weighted by molar-refractivity contribution is 0.00665. The van der Waals surface area contributed by atoms with Crippen molar-refractivity contribution >= 4 is 0 Å². The molecule has 1 aliphatic rings. The minimum absolute atomic E-state index is 0.179. The van der Waals surface area contributed by atoms with Gasteiger partial charge in [-0.3, -0.25) is 0 Å². The quantitative estimate of drug-likeness (QED) is 0.872. The summed E-state index contributed by atoms with van der Waals surface area (Å²) in [6, 6.07) is 0.179. The van der Waals surface area contributed by atoms with Crippen molar-refractivity contribution in [2.45, 2.75) is 44.2 Å². The van der Waals surface area contributed by atoms with Crippen molar-refractivity contribution in [3.63, 3.8) is 0 Å². The SMILES string of the molecule is CNC(c1nccn1C)C(OC)C1CCCCC1. The van der Waals surface area contributed by atoms with Crippen molar-refractivity contribution in [2.75, 3.05) is 14.2 Å². The Bertz CT molecular complexity index is 358. The second-order valence-electron chi connectivity index (χ2n) is 5.26. The Labute approximate surface area is 110 Å². The maximum Gasteiger partial charge on any atom is 0.128 e. The maximum atomic E-state index is 5.81. The standard InChI is InChI=1S/C14H25N3O/c1-15-12(14-16-9-10-17(14)2)13(18-3)11-7-5-4-6-8-11/h9-13,15H,4-8H2,1-3H3. The molecule has 18 heavy (non-hydrogen) atoms. The van der Waals surface area contributed by atoms with Gasteiger partial charge >= 0.3 is 0 Å². The molecule has 1 aromatic rings. The molecule has 1 aliphatic carbocycles. The van der Waals surface area contributed by atoms with E-state index in [1.54, 1.807) is 0 Å². The first-order chi connectivity index (χ1) is 8.77.